The zero-order valence-corrected chi connectivity index (χ0v) is 11.6. The van der Waals surface area contributed by atoms with E-state index in [-0.39, 0.29) is 12.8 Å². The fraction of sp³-hybridized carbons (Fsp3) is 0.533. The van der Waals surface area contributed by atoms with E-state index in [4.69, 9.17) is 9.47 Å². The number of amides is 2. The monoisotopic (exact) mass is 276 g/mol. The van der Waals surface area contributed by atoms with Crippen LogP contribution in [0.4, 0.5) is 4.79 Å². The lowest BCUT2D eigenvalue weighted by atomic mass is 10.1. The van der Waals surface area contributed by atoms with Gasteiger partial charge >= 0.3 is 6.03 Å². The summed E-state index contributed by atoms with van der Waals surface area (Å²) in [6, 6.07) is 5.93. The molecule has 20 heavy (non-hydrogen) atoms. The third kappa shape index (κ3) is 2.81. The van der Waals surface area contributed by atoms with Crippen molar-refractivity contribution < 1.29 is 14.3 Å². The van der Waals surface area contributed by atoms with Crippen molar-refractivity contribution in [2.24, 2.45) is 5.92 Å². The molecule has 5 nitrogen and oxygen atoms in total. The molecule has 0 unspecified atom stereocenters. The molecule has 108 valence electrons. The van der Waals surface area contributed by atoms with Crippen LogP contribution >= 0.6 is 0 Å². The molecule has 0 spiro atoms. The van der Waals surface area contributed by atoms with Crippen molar-refractivity contribution in [3.05, 3.63) is 23.8 Å². The molecule has 1 aliphatic heterocycles. The predicted octanol–water partition coefficient (Wildman–Crippen LogP) is 2.40. The summed E-state index contributed by atoms with van der Waals surface area (Å²) >= 11 is 0. The van der Waals surface area contributed by atoms with Crippen LogP contribution in [0.1, 0.15) is 31.7 Å². The van der Waals surface area contributed by atoms with Crippen LogP contribution in [0.5, 0.6) is 11.5 Å². The Morgan fingerprint density at radius 3 is 2.95 bits per heavy atom. The van der Waals surface area contributed by atoms with Crippen LogP contribution in [-0.2, 0) is 6.54 Å². The molecule has 1 saturated carbocycles. The Bertz CT molecular complexity index is 504. The van der Waals surface area contributed by atoms with E-state index in [9.17, 15) is 4.79 Å². The summed E-state index contributed by atoms with van der Waals surface area (Å²) in [4.78, 5) is 11.9. The van der Waals surface area contributed by atoms with Crippen molar-refractivity contribution in [1.82, 2.24) is 10.6 Å². The summed E-state index contributed by atoms with van der Waals surface area (Å²) in [6.45, 7) is 2.95. The largest absolute Gasteiger partial charge is 0.454 e. The second-order valence-electron chi connectivity index (χ2n) is 5.53. The van der Waals surface area contributed by atoms with Crippen molar-refractivity contribution in [2.45, 2.75) is 38.8 Å². The summed E-state index contributed by atoms with van der Waals surface area (Å²) < 4.78 is 10.6. The van der Waals surface area contributed by atoms with Gasteiger partial charge in [-0.1, -0.05) is 19.4 Å². The topological polar surface area (TPSA) is 59.6 Å². The Morgan fingerprint density at radius 1 is 1.30 bits per heavy atom. The summed E-state index contributed by atoms with van der Waals surface area (Å²) in [5.41, 5.74) is 1.00. The minimum atomic E-state index is -0.0959. The van der Waals surface area contributed by atoms with Gasteiger partial charge in [-0.2, -0.15) is 0 Å². The van der Waals surface area contributed by atoms with Crippen LogP contribution in [0.3, 0.4) is 0 Å². The van der Waals surface area contributed by atoms with Gasteiger partial charge in [0.15, 0.2) is 11.5 Å². The highest BCUT2D eigenvalue weighted by Crippen LogP contribution is 2.32. The van der Waals surface area contributed by atoms with E-state index < -0.39 is 0 Å². The van der Waals surface area contributed by atoms with E-state index in [0.717, 1.165) is 23.5 Å². The van der Waals surface area contributed by atoms with Crippen molar-refractivity contribution in [3.63, 3.8) is 0 Å². The number of nitrogens with one attached hydrogen (secondary N) is 2. The molecule has 2 N–H and O–H groups in total. The number of fused-ring (bicyclic) bond motifs is 1. The first-order valence-corrected chi connectivity index (χ1v) is 7.15. The molecule has 1 heterocycles. The van der Waals surface area contributed by atoms with Crippen LogP contribution in [0, 0.1) is 5.92 Å². The standard InChI is InChI=1S/C15H20N2O3/c1-10-3-2-4-12(10)17-15(18)16-8-11-5-6-13-14(7-11)20-9-19-13/h5-7,10,12H,2-4,8-9H2,1H3,(H2,16,17,18)/t10-,12-/m1/s1. The molecule has 0 radical (unpaired) electrons. The Balaban J connectivity index is 1.50. The first kappa shape index (κ1) is 13.1. The number of hydrogen-bond donors (Lipinski definition) is 2. The molecule has 0 bridgehead atoms. The summed E-state index contributed by atoms with van der Waals surface area (Å²) in [7, 11) is 0. The number of benzene rings is 1. The van der Waals surface area contributed by atoms with E-state index in [2.05, 4.69) is 17.6 Å². The molecule has 1 fully saturated rings. The lowest BCUT2D eigenvalue weighted by Crippen LogP contribution is -2.42. The average molecular weight is 276 g/mol. The Labute approximate surface area is 118 Å². The molecule has 1 aromatic carbocycles. The smallest absolute Gasteiger partial charge is 0.315 e. The predicted molar refractivity (Wildman–Crippen MR) is 74.7 cm³/mol. The van der Waals surface area contributed by atoms with Gasteiger partial charge in [0.25, 0.3) is 0 Å². The fourth-order valence-corrected chi connectivity index (χ4v) is 2.81. The first-order valence-electron chi connectivity index (χ1n) is 7.15. The summed E-state index contributed by atoms with van der Waals surface area (Å²) in [6.07, 6.45) is 3.49. The zero-order chi connectivity index (χ0) is 13.9. The number of urea groups is 1. The maximum absolute atomic E-state index is 11.9. The lowest BCUT2D eigenvalue weighted by Gasteiger charge is -2.17. The Hall–Kier alpha value is -1.91. The second-order valence-corrected chi connectivity index (χ2v) is 5.53. The number of hydrogen-bond acceptors (Lipinski definition) is 3. The maximum Gasteiger partial charge on any atom is 0.315 e. The molecule has 2 aliphatic rings. The van der Waals surface area contributed by atoms with E-state index in [1.54, 1.807) is 0 Å². The first-order chi connectivity index (χ1) is 9.72. The van der Waals surface area contributed by atoms with Crippen LogP contribution in [0.15, 0.2) is 18.2 Å². The molecule has 2 amide bonds. The van der Waals surface area contributed by atoms with Gasteiger partial charge in [0.2, 0.25) is 6.79 Å². The van der Waals surface area contributed by atoms with E-state index >= 15 is 0 Å². The highest BCUT2D eigenvalue weighted by molar-refractivity contribution is 5.74. The van der Waals surface area contributed by atoms with Gasteiger partial charge in [0.05, 0.1) is 0 Å². The van der Waals surface area contributed by atoms with Crippen molar-refractivity contribution in [2.75, 3.05) is 6.79 Å². The molecule has 0 aromatic heterocycles. The quantitative estimate of drug-likeness (QED) is 0.891. The van der Waals surface area contributed by atoms with Gasteiger partial charge in [-0.05, 0) is 36.5 Å². The SMILES string of the molecule is C[C@@H]1CCC[C@H]1NC(=O)NCc1ccc2c(c1)OCO2. The van der Waals surface area contributed by atoms with E-state index in [1.165, 1.54) is 12.8 Å². The lowest BCUT2D eigenvalue weighted by molar-refractivity contribution is 0.174. The summed E-state index contributed by atoms with van der Waals surface area (Å²) in [5.74, 6) is 2.08. The van der Waals surface area contributed by atoms with Crippen molar-refractivity contribution in [3.8, 4) is 11.5 Å². The fourth-order valence-electron chi connectivity index (χ4n) is 2.81. The number of carbonyl (C=O) groups is 1. The van der Waals surface area contributed by atoms with Crippen molar-refractivity contribution in [1.29, 1.82) is 0 Å². The van der Waals surface area contributed by atoms with Crippen LogP contribution in [-0.4, -0.2) is 18.9 Å². The van der Waals surface area contributed by atoms with E-state index in [0.29, 0.717) is 18.5 Å². The molecule has 0 saturated heterocycles. The van der Waals surface area contributed by atoms with Crippen LogP contribution in [0.25, 0.3) is 0 Å². The number of ether oxygens (including phenoxy) is 2. The second kappa shape index (κ2) is 5.61. The van der Waals surface area contributed by atoms with Crippen LogP contribution < -0.4 is 20.1 Å². The van der Waals surface area contributed by atoms with Gasteiger partial charge in [-0.3, -0.25) is 0 Å². The highest BCUT2D eigenvalue weighted by atomic mass is 16.7. The van der Waals surface area contributed by atoms with E-state index in [1.807, 2.05) is 18.2 Å². The average Bonchev–Trinajstić information content (AvgIpc) is 3.05. The zero-order valence-electron chi connectivity index (χ0n) is 11.6. The minimum absolute atomic E-state index is 0.0959. The molecule has 3 rings (SSSR count). The normalized spacial score (nSPS) is 23.6. The van der Waals surface area contributed by atoms with Gasteiger partial charge in [0.1, 0.15) is 0 Å². The number of rotatable bonds is 3. The highest BCUT2D eigenvalue weighted by Gasteiger charge is 2.24. The molecular formula is C15H20N2O3. The van der Waals surface area contributed by atoms with Gasteiger partial charge < -0.3 is 20.1 Å². The molecule has 1 aromatic rings. The molecule has 1 aliphatic carbocycles. The minimum Gasteiger partial charge on any atom is -0.454 e. The Morgan fingerprint density at radius 2 is 2.15 bits per heavy atom. The summed E-state index contributed by atoms with van der Waals surface area (Å²) in [5, 5.41) is 5.94. The van der Waals surface area contributed by atoms with Crippen LogP contribution in [0.2, 0.25) is 0 Å². The number of carbonyl (C=O) groups excluding carboxylic acids is 1. The van der Waals surface area contributed by atoms with Gasteiger partial charge in [-0.25, -0.2) is 4.79 Å². The van der Waals surface area contributed by atoms with Gasteiger partial charge in [-0.15, -0.1) is 0 Å². The molecule has 5 heteroatoms. The van der Waals surface area contributed by atoms with Crippen molar-refractivity contribution >= 4 is 6.03 Å². The molecular weight excluding hydrogens is 256 g/mol. The third-order valence-corrected chi connectivity index (χ3v) is 4.07. The maximum atomic E-state index is 11.9. The molecule has 2 atom stereocenters. The van der Waals surface area contributed by atoms with Gasteiger partial charge in [0, 0.05) is 12.6 Å². The Kier molecular flexibility index (Phi) is 3.67. The third-order valence-electron chi connectivity index (χ3n) is 4.07.